The molecule has 17 heteroatoms. The number of methoxy groups -OCH3 is 2. The van der Waals surface area contributed by atoms with E-state index in [1.165, 1.54) is 16.7 Å². The second kappa shape index (κ2) is 14.0. The minimum absolute atomic E-state index is 0.119. The third kappa shape index (κ3) is 6.91. The maximum absolute atomic E-state index is 13.1. The van der Waals surface area contributed by atoms with Crippen LogP contribution in [0.15, 0.2) is 47.1 Å². The molecular formula is C32H33Cl2N7O7S. The summed E-state index contributed by atoms with van der Waals surface area (Å²) in [5.41, 5.74) is 13.8. The molecule has 258 valence electrons. The number of ether oxygens (including phenoxy) is 2. The van der Waals surface area contributed by atoms with Crippen LogP contribution in [0.3, 0.4) is 0 Å². The highest BCUT2D eigenvalue weighted by atomic mass is 35.5. The highest BCUT2D eigenvalue weighted by Gasteiger charge is 2.64. The van der Waals surface area contributed by atoms with E-state index in [4.69, 9.17) is 48.7 Å². The Hall–Kier alpha value is -4.73. The Morgan fingerprint density at radius 1 is 1.12 bits per heavy atom. The third-order valence-electron chi connectivity index (χ3n) is 8.01. The van der Waals surface area contributed by atoms with Crippen LogP contribution in [0.25, 0.3) is 11.3 Å². The Balaban J connectivity index is 0.000000212. The Kier molecular flexibility index (Phi) is 10.2. The van der Waals surface area contributed by atoms with Crippen LogP contribution in [0, 0.1) is 6.92 Å². The molecule has 2 fully saturated rings. The molecule has 2 aliphatic rings. The van der Waals surface area contributed by atoms with E-state index in [2.05, 4.69) is 20.4 Å². The van der Waals surface area contributed by atoms with Gasteiger partial charge in [-0.05, 0) is 50.6 Å². The van der Waals surface area contributed by atoms with E-state index in [9.17, 15) is 19.5 Å². The van der Waals surface area contributed by atoms with E-state index in [1.54, 1.807) is 59.4 Å². The fraction of sp³-hybridized carbons (Fsp3) is 0.312. The molecule has 2 amide bonds. The van der Waals surface area contributed by atoms with Crippen molar-refractivity contribution in [2.24, 2.45) is 0 Å². The van der Waals surface area contributed by atoms with E-state index in [0.717, 1.165) is 11.1 Å². The lowest BCUT2D eigenvalue weighted by Gasteiger charge is -2.43. The molecule has 4 aromatic rings. The summed E-state index contributed by atoms with van der Waals surface area (Å²) < 4.78 is 15.0. The summed E-state index contributed by atoms with van der Waals surface area (Å²) in [6, 6.07) is 8.78. The highest BCUT2D eigenvalue weighted by Crippen LogP contribution is 2.51. The van der Waals surface area contributed by atoms with Gasteiger partial charge in [0.05, 0.1) is 24.3 Å². The van der Waals surface area contributed by atoms with Crippen LogP contribution in [0.5, 0.6) is 11.5 Å². The van der Waals surface area contributed by atoms with Crippen molar-refractivity contribution < 1.29 is 33.5 Å². The SMILES string of the molecule is COc1ccc(Cc2cnc(N)nc2N)cc1OC.Cc1onc(-c2c(Cl)cccc2Cl)c1C(=O)N[C@@H]1C(=O)N2[C@@H]1SC(C)(C)[C@@H]2C(=O)O. The number of β-lactam (4-membered cyclic amide) rings is 1. The maximum atomic E-state index is 13.1. The van der Waals surface area contributed by atoms with Gasteiger partial charge in [0.15, 0.2) is 11.5 Å². The lowest BCUT2D eigenvalue weighted by Crippen LogP contribution is -2.70. The van der Waals surface area contributed by atoms with E-state index in [0.29, 0.717) is 39.3 Å². The summed E-state index contributed by atoms with van der Waals surface area (Å²) in [5, 5.41) is 16.3. The van der Waals surface area contributed by atoms with Crippen LogP contribution < -0.4 is 26.3 Å². The Bertz CT molecular complexity index is 1920. The van der Waals surface area contributed by atoms with E-state index < -0.39 is 40.0 Å². The number of amides is 2. The first kappa shape index (κ1) is 35.6. The van der Waals surface area contributed by atoms with Crippen LogP contribution in [-0.4, -0.2) is 79.3 Å². The number of fused-ring (bicyclic) bond motifs is 1. The highest BCUT2D eigenvalue weighted by molar-refractivity contribution is 8.01. The number of rotatable bonds is 8. The number of carboxylic acid groups (broad SMARTS) is 1. The van der Waals surface area contributed by atoms with Gasteiger partial charge in [0.1, 0.15) is 40.3 Å². The van der Waals surface area contributed by atoms with Crippen LogP contribution >= 0.6 is 35.0 Å². The van der Waals surface area contributed by atoms with Gasteiger partial charge in [0.2, 0.25) is 11.9 Å². The Labute approximate surface area is 295 Å². The fourth-order valence-electron chi connectivity index (χ4n) is 5.67. The number of halogens is 2. The van der Waals surface area contributed by atoms with Crippen LogP contribution in [0.4, 0.5) is 11.8 Å². The number of aromatic nitrogens is 3. The maximum Gasteiger partial charge on any atom is 0.327 e. The number of thioether (sulfide) groups is 1. The van der Waals surface area contributed by atoms with E-state index in [-0.39, 0.29) is 23.0 Å². The van der Waals surface area contributed by atoms with E-state index in [1.807, 2.05) is 18.2 Å². The summed E-state index contributed by atoms with van der Waals surface area (Å²) in [6.07, 6.45) is 2.24. The van der Waals surface area contributed by atoms with Crippen LogP contribution in [-0.2, 0) is 16.0 Å². The number of aryl methyl sites for hydroxylation is 1. The molecule has 0 spiro atoms. The topological polar surface area (TPSA) is 209 Å². The number of aliphatic carboxylic acids is 1. The first-order chi connectivity index (χ1) is 23.2. The van der Waals surface area contributed by atoms with Gasteiger partial charge >= 0.3 is 5.97 Å². The van der Waals surface area contributed by atoms with Gasteiger partial charge in [0, 0.05) is 28.5 Å². The molecule has 0 aliphatic carbocycles. The molecule has 0 saturated carbocycles. The van der Waals surface area contributed by atoms with Gasteiger partial charge in [0.25, 0.3) is 5.91 Å². The quantitative estimate of drug-likeness (QED) is 0.185. The number of nitrogens with one attached hydrogen (secondary N) is 1. The average molecular weight is 731 g/mol. The summed E-state index contributed by atoms with van der Waals surface area (Å²) in [4.78, 5) is 46.5. The normalized spacial score (nSPS) is 18.9. The Morgan fingerprint density at radius 3 is 2.41 bits per heavy atom. The predicted molar refractivity (Wildman–Crippen MR) is 185 cm³/mol. The summed E-state index contributed by atoms with van der Waals surface area (Å²) >= 11 is 13.8. The molecule has 4 heterocycles. The molecule has 14 nitrogen and oxygen atoms in total. The molecule has 6 rings (SSSR count). The largest absolute Gasteiger partial charge is 0.493 e. The predicted octanol–water partition coefficient (Wildman–Crippen LogP) is 4.45. The summed E-state index contributed by atoms with van der Waals surface area (Å²) in [7, 11) is 3.20. The number of carbonyl (C=O) groups is 3. The van der Waals surface area contributed by atoms with Crippen molar-refractivity contribution in [1.29, 1.82) is 0 Å². The minimum atomic E-state index is -1.07. The molecule has 0 bridgehead atoms. The monoisotopic (exact) mass is 729 g/mol. The second-order valence-electron chi connectivity index (χ2n) is 11.6. The molecule has 2 aromatic heterocycles. The fourth-order valence-corrected chi connectivity index (χ4v) is 7.88. The van der Waals surface area contributed by atoms with Crippen molar-refractivity contribution >= 4 is 64.5 Å². The van der Waals surface area contributed by atoms with Gasteiger partial charge < -0.3 is 40.8 Å². The molecule has 0 radical (unpaired) electrons. The smallest absolute Gasteiger partial charge is 0.327 e. The number of nitrogen functional groups attached to an aromatic ring is 2. The van der Waals surface area contributed by atoms with Crippen LogP contribution in [0.1, 0.15) is 41.1 Å². The molecule has 49 heavy (non-hydrogen) atoms. The van der Waals surface area contributed by atoms with Crippen LogP contribution in [0.2, 0.25) is 10.0 Å². The third-order valence-corrected chi connectivity index (χ3v) is 10.2. The number of benzene rings is 2. The van der Waals surface area contributed by atoms with E-state index >= 15 is 0 Å². The molecule has 3 atom stereocenters. The number of hydrogen-bond acceptors (Lipinski definition) is 12. The zero-order valence-electron chi connectivity index (χ0n) is 27.0. The Morgan fingerprint density at radius 2 is 1.80 bits per heavy atom. The van der Waals surface area contributed by atoms with Gasteiger partial charge in [-0.25, -0.2) is 9.78 Å². The number of anilines is 2. The summed E-state index contributed by atoms with van der Waals surface area (Å²) in [6.45, 7) is 5.10. The zero-order valence-corrected chi connectivity index (χ0v) is 29.3. The molecular weight excluding hydrogens is 697 g/mol. The van der Waals surface area contributed by atoms with Gasteiger partial charge in [-0.1, -0.05) is 40.5 Å². The number of nitrogens with zero attached hydrogens (tertiary/aromatic N) is 4. The lowest BCUT2D eigenvalue weighted by atomic mass is 9.95. The molecule has 0 unspecified atom stereocenters. The molecule has 2 saturated heterocycles. The molecule has 2 aromatic carbocycles. The first-order valence-corrected chi connectivity index (χ1v) is 16.3. The van der Waals surface area contributed by atoms with Crippen molar-refractivity contribution in [3.63, 3.8) is 0 Å². The van der Waals surface area contributed by atoms with Crippen molar-refractivity contribution in [1.82, 2.24) is 25.3 Å². The van der Waals surface area contributed by atoms with Crippen molar-refractivity contribution in [3.8, 4) is 22.8 Å². The lowest BCUT2D eigenvalue weighted by molar-refractivity contribution is -0.159. The van der Waals surface area contributed by atoms with Crippen molar-refractivity contribution in [2.45, 2.75) is 49.4 Å². The minimum Gasteiger partial charge on any atom is -0.493 e. The number of nitrogens with two attached hydrogens (primary N) is 2. The zero-order chi connectivity index (χ0) is 35.8. The van der Waals surface area contributed by atoms with Gasteiger partial charge in [-0.2, -0.15) is 4.98 Å². The second-order valence-corrected chi connectivity index (χ2v) is 14.2. The molecule has 2 aliphatic heterocycles. The molecule has 6 N–H and O–H groups in total. The number of carbonyl (C=O) groups excluding carboxylic acids is 2. The van der Waals surface area contributed by atoms with Gasteiger partial charge in [-0.15, -0.1) is 11.8 Å². The van der Waals surface area contributed by atoms with Gasteiger partial charge in [-0.3, -0.25) is 9.59 Å². The van der Waals surface area contributed by atoms with Crippen molar-refractivity contribution in [3.05, 3.63) is 75.1 Å². The number of hydrogen-bond donors (Lipinski definition) is 4. The van der Waals surface area contributed by atoms with Crippen molar-refractivity contribution in [2.75, 3.05) is 25.7 Å². The number of carboxylic acids is 1. The average Bonchev–Trinajstić information content (AvgIpc) is 3.55. The standard InChI is InChI=1S/C19H17Cl2N3O5S.C13H16N4O2/c1-7-10(12(23-29-7)11-8(20)5-4-6-9(11)21)15(25)22-13-16(26)24-14(18(27)28)19(2,3)30-17(13)24;1-18-10-4-3-8(6-11(10)19-2)5-9-7-16-13(15)17-12(9)14/h4-6,13-14,17H,1-3H3,(H,22,25)(H,27,28);3-4,6-7H,5H2,1-2H3,(H4,14,15,16,17)/t13-,14+,17-;/m1./s1. The summed E-state index contributed by atoms with van der Waals surface area (Å²) in [5.74, 6) is 0.0855. The first-order valence-electron chi connectivity index (χ1n) is 14.7.